The van der Waals surface area contributed by atoms with Gasteiger partial charge in [-0.25, -0.2) is 4.98 Å². The second kappa shape index (κ2) is 4.04. The molecule has 0 spiro atoms. The van der Waals surface area contributed by atoms with Crippen molar-refractivity contribution in [1.29, 1.82) is 0 Å². The zero-order chi connectivity index (χ0) is 10.7. The molecule has 1 heterocycles. The summed E-state index contributed by atoms with van der Waals surface area (Å²) >= 11 is 0. The maximum Gasteiger partial charge on any atom is 0.226 e. The molecule has 1 radical (unpaired) electrons. The Balaban J connectivity index is 2.43. The van der Waals surface area contributed by atoms with E-state index < -0.39 is 0 Å². The topological polar surface area (TPSA) is 44.5 Å². The maximum absolute atomic E-state index is 5.17. The number of nitrogens with zero attached hydrogens (tertiary/aromatic N) is 1. The molecule has 0 fully saturated rings. The quantitative estimate of drug-likeness (QED) is 0.768. The van der Waals surface area contributed by atoms with Gasteiger partial charge in [0, 0.05) is 5.56 Å². The van der Waals surface area contributed by atoms with Gasteiger partial charge in [-0.05, 0) is 18.2 Å². The Hall–Kier alpha value is -1.97. The molecular formula is C11H10NO3. The summed E-state index contributed by atoms with van der Waals surface area (Å²) in [5, 5.41) is 0. The van der Waals surface area contributed by atoms with E-state index in [0.717, 1.165) is 5.56 Å². The minimum Gasteiger partial charge on any atom is -0.493 e. The van der Waals surface area contributed by atoms with Crippen molar-refractivity contribution in [1.82, 2.24) is 4.98 Å². The molecule has 4 heteroatoms. The smallest absolute Gasteiger partial charge is 0.226 e. The van der Waals surface area contributed by atoms with E-state index in [1.165, 1.54) is 6.26 Å². The first-order chi connectivity index (χ1) is 7.35. The van der Waals surface area contributed by atoms with Gasteiger partial charge in [0.1, 0.15) is 12.5 Å². The monoisotopic (exact) mass is 204 g/mol. The summed E-state index contributed by atoms with van der Waals surface area (Å²) in [5.74, 6) is 1.83. The highest BCUT2D eigenvalue weighted by atomic mass is 16.5. The fourth-order valence-corrected chi connectivity index (χ4v) is 1.30. The van der Waals surface area contributed by atoms with Gasteiger partial charge >= 0.3 is 0 Å². The molecule has 1 aromatic heterocycles. The van der Waals surface area contributed by atoms with Crippen molar-refractivity contribution in [3.8, 4) is 23.0 Å². The van der Waals surface area contributed by atoms with Crippen molar-refractivity contribution >= 4 is 0 Å². The van der Waals surface area contributed by atoms with Crippen LogP contribution in [0, 0.1) is 6.20 Å². The molecule has 0 saturated carbocycles. The number of hydrogen-bond acceptors (Lipinski definition) is 4. The van der Waals surface area contributed by atoms with Crippen LogP contribution < -0.4 is 9.47 Å². The average Bonchev–Trinajstić information content (AvgIpc) is 2.81. The van der Waals surface area contributed by atoms with Crippen LogP contribution in [0.5, 0.6) is 11.5 Å². The summed E-state index contributed by atoms with van der Waals surface area (Å²) in [6, 6.07) is 5.46. The summed E-state index contributed by atoms with van der Waals surface area (Å²) in [6.07, 6.45) is 4.01. The first-order valence-electron chi connectivity index (χ1n) is 4.39. The van der Waals surface area contributed by atoms with E-state index in [9.17, 15) is 0 Å². The van der Waals surface area contributed by atoms with Crippen LogP contribution in [0.15, 0.2) is 28.9 Å². The van der Waals surface area contributed by atoms with E-state index in [4.69, 9.17) is 13.9 Å². The zero-order valence-electron chi connectivity index (χ0n) is 8.48. The predicted molar refractivity (Wildman–Crippen MR) is 53.9 cm³/mol. The van der Waals surface area contributed by atoms with Crippen molar-refractivity contribution in [2.75, 3.05) is 14.2 Å². The molecule has 2 rings (SSSR count). The lowest BCUT2D eigenvalue weighted by Crippen LogP contribution is -1.90. The molecule has 0 atom stereocenters. The molecular weight excluding hydrogens is 194 g/mol. The molecule has 0 amide bonds. The van der Waals surface area contributed by atoms with Crippen LogP contribution >= 0.6 is 0 Å². The highest BCUT2D eigenvalue weighted by Crippen LogP contribution is 2.31. The lowest BCUT2D eigenvalue weighted by molar-refractivity contribution is 0.355. The van der Waals surface area contributed by atoms with Gasteiger partial charge in [0.25, 0.3) is 0 Å². The van der Waals surface area contributed by atoms with Crippen molar-refractivity contribution in [2.24, 2.45) is 0 Å². The van der Waals surface area contributed by atoms with Crippen molar-refractivity contribution < 1.29 is 13.9 Å². The lowest BCUT2D eigenvalue weighted by atomic mass is 10.2. The second-order valence-corrected chi connectivity index (χ2v) is 2.85. The molecule has 2 aromatic rings. The molecule has 77 valence electrons. The SMILES string of the molecule is COc1ccc(-c2n[c]co2)cc1OC. The van der Waals surface area contributed by atoms with Crippen LogP contribution in [-0.4, -0.2) is 19.2 Å². The van der Waals surface area contributed by atoms with E-state index in [0.29, 0.717) is 17.4 Å². The number of methoxy groups -OCH3 is 2. The Morgan fingerprint density at radius 1 is 1.20 bits per heavy atom. The Kier molecular flexibility index (Phi) is 2.58. The van der Waals surface area contributed by atoms with Gasteiger partial charge in [-0.1, -0.05) is 0 Å². The molecule has 0 aliphatic heterocycles. The molecule has 0 aliphatic rings. The standard InChI is InChI=1S/C11H10NO3/c1-13-9-4-3-8(7-10(9)14-2)11-12-5-6-15-11/h3-4,6-7H,1-2H3. The van der Waals surface area contributed by atoms with E-state index in [1.54, 1.807) is 26.4 Å². The van der Waals surface area contributed by atoms with Gasteiger partial charge in [-0.2, -0.15) is 0 Å². The normalized spacial score (nSPS) is 10.0. The zero-order valence-corrected chi connectivity index (χ0v) is 8.48. The number of aromatic nitrogens is 1. The Morgan fingerprint density at radius 3 is 2.60 bits per heavy atom. The predicted octanol–water partition coefficient (Wildman–Crippen LogP) is 2.16. The summed E-state index contributed by atoms with van der Waals surface area (Å²) in [4.78, 5) is 3.93. The average molecular weight is 204 g/mol. The number of hydrogen-bond donors (Lipinski definition) is 0. The van der Waals surface area contributed by atoms with Crippen molar-refractivity contribution in [2.45, 2.75) is 0 Å². The van der Waals surface area contributed by atoms with Crippen LogP contribution in [0.3, 0.4) is 0 Å². The van der Waals surface area contributed by atoms with E-state index in [2.05, 4.69) is 11.2 Å². The fourth-order valence-electron chi connectivity index (χ4n) is 1.30. The highest BCUT2D eigenvalue weighted by Gasteiger charge is 2.08. The molecule has 0 bridgehead atoms. The van der Waals surface area contributed by atoms with Gasteiger partial charge in [-0.3, -0.25) is 0 Å². The molecule has 0 unspecified atom stereocenters. The minimum atomic E-state index is 0.510. The molecule has 0 saturated heterocycles. The largest absolute Gasteiger partial charge is 0.493 e. The minimum absolute atomic E-state index is 0.510. The highest BCUT2D eigenvalue weighted by molar-refractivity contribution is 5.59. The fraction of sp³-hybridized carbons (Fsp3) is 0.182. The van der Waals surface area contributed by atoms with Crippen molar-refractivity contribution in [3.05, 3.63) is 30.7 Å². The van der Waals surface area contributed by atoms with Gasteiger partial charge < -0.3 is 13.9 Å². The summed E-state index contributed by atoms with van der Waals surface area (Å²) in [7, 11) is 3.18. The molecule has 15 heavy (non-hydrogen) atoms. The lowest BCUT2D eigenvalue weighted by Gasteiger charge is -2.07. The van der Waals surface area contributed by atoms with E-state index >= 15 is 0 Å². The first kappa shape index (κ1) is 9.58. The summed E-state index contributed by atoms with van der Waals surface area (Å²) in [5.41, 5.74) is 0.828. The summed E-state index contributed by atoms with van der Waals surface area (Å²) in [6.45, 7) is 0. The molecule has 0 aliphatic carbocycles. The third-order valence-electron chi connectivity index (χ3n) is 2.02. The molecule has 0 N–H and O–H groups in total. The third-order valence-corrected chi connectivity index (χ3v) is 2.02. The Morgan fingerprint density at radius 2 is 2.00 bits per heavy atom. The number of oxazole rings is 1. The van der Waals surface area contributed by atoms with E-state index in [1.807, 2.05) is 6.07 Å². The summed E-state index contributed by atoms with van der Waals surface area (Å²) < 4.78 is 15.4. The van der Waals surface area contributed by atoms with Crippen LogP contribution in [0.25, 0.3) is 11.5 Å². The number of rotatable bonds is 3. The van der Waals surface area contributed by atoms with Crippen LogP contribution in [0.4, 0.5) is 0 Å². The maximum atomic E-state index is 5.17. The van der Waals surface area contributed by atoms with Crippen molar-refractivity contribution in [3.63, 3.8) is 0 Å². The number of benzene rings is 1. The Labute approximate surface area is 87.5 Å². The van der Waals surface area contributed by atoms with Gasteiger partial charge in [-0.15, -0.1) is 0 Å². The van der Waals surface area contributed by atoms with Gasteiger partial charge in [0.05, 0.1) is 14.2 Å². The van der Waals surface area contributed by atoms with E-state index in [-0.39, 0.29) is 0 Å². The second-order valence-electron chi connectivity index (χ2n) is 2.85. The van der Waals surface area contributed by atoms with Crippen LogP contribution in [0.1, 0.15) is 0 Å². The van der Waals surface area contributed by atoms with Crippen LogP contribution in [-0.2, 0) is 0 Å². The molecule has 4 nitrogen and oxygen atoms in total. The first-order valence-corrected chi connectivity index (χ1v) is 4.39. The van der Waals surface area contributed by atoms with Gasteiger partial charge in [0.2, 0.25) is 5.89 Å². The Bertz CT molecular complexity index is 437. The molecule has 1 aromatic carbocycles. The van der Waals surface area contributed by atoms with Crippen LogP contribution in [0.2, 0.25) is 0 Å². The van der Waals surface area contributed by atoms with Gasteiger partial charge in [0.15, 0.2) is 11.5 Å². The third kappa shape index (κ3) is 1.79. The number of ether oxygens (including phenoxy) is 2.